The van der Waals surface area contributed by atoms with Crippen molar-refractivity contribution in [3.05, 3.63) is 53.7 Å². The molecule has 16 heteroatoms. The molecular formula is C26H22F6N8O2. The van der Waals surface area contributed by atoms with Crippen LogP contribution in [0.2, 0.25) is 0 Å². The molecule has 3 aromatic heterocycles. The van der Waals surface area contributed by atoms with Crippen molar-refractivity contribution in [3.8, 4) is 28.7 Å². The fourth-order valence-electron chi connectivity index (χ4n) is 4.81. The zero-order chi connectivity index (χ0) is 29.6. The molecule has 1 amide bonds. The topological polar surface area (TPSA) is 104 Å². The van der Waals surface area contributed by atoms with Gasteiger partial charge in [0.05, 0.1) is 25.3 Å². The van der Waals surface area contributed by atoms with Crippen LogP contribution in [0.1, 0.15) is 42.1 Å². The number of fused-ring (bicyclic) bond motifs is 1. The molecule has 2 aliphatic rings. The Morgan fingerprint density at radius 3 is 2.50 bits per heavy atom. The van der Waals surface area contributed by atoms with Crippen LogP contribution >= 0.6 is 0 Å². The summed E-state index contributed by atoms with van der Waals surface area (Å²) in [5.41, 5.74) is 0.479. The summed E-state index contributed by atoms with van der Waals surface area (Å²) in [6, 6.07) is 6.30. The minimum Gasteiger partial charge on any atom is -0.416 e. The van der Waals surface area contributed by atoms with Gasteiger partial charge in [-0.3, -0.25) is 9.69 Å². The molecule has 0 radical (unpaired) electrons. The lowest BCUT2D eigenvalue weighted by Crippen LogP contribution is -2.37. The summed E-state index contributed by atoms with van der Waals surface area (Å²) >= 11 is 0. The van der Waals surface area contributed by atoms with Crippen molar-refractivity contribution in [2.75, 3.05) is 11.6 Å². The third kappa shape index (κ3) is 5.39. The van der Waals surface area contributed by atoms with E-state index < -0.39 is 25.2 Å². The number of hydrogen-bond acceptors (Lipinski definition) is 7. The average Bonchev–Trinajstić information content (AvgIpc) is 3.56. The lowest BCUT2D eigenvalue weighted by atomic mass is 10.1. The molecule has 4 heterocycles. The second-order valence-electron chi connectivity index (χ2n) is 9.81. The number of anilines is 1. The average molecular weight is 593 g/mol. The third-order valence-corrected chi connectivity index (χ3v) is 6.91. The molecule has 220 valence electrons. The van der Waals surface area contributed by atoms with E-state index >= 15 is 0 Å². The highest BCUT2D eigenvalue weighted by molar-refractivity contribution is 5.93. The van der Waals surface area contributed by atoms with Gasteiger partial charge in [-0.1, -0.05) is 24.3 Å². The predicted molar refractivity (Wildman–Crippen MR) is 134 cm³/mol. The summed E-state index contributed by atoms with van der Waals surface area (Å²) in [4.78, 5) is 30.6. The molecule has 0 unspecified atom stereocenters. The lowest BCUT2D eigenvalue weighted by Gasteiger charge is -2.26. The van der Waals surface area contributed by atoms with E-state index in [9.17, 15) is 31.1 Å². The van der Waals surface area contributed by atoms with Crippen molar-refractivity contribution in [1.82, 2.24) is 34.3 Å². The second kappa shape index (κ2) is 10.7. The monoisotopic (exact) mass is 592 g/mol. The van der Waals surface area contributed by atoms with Crippen LogP contribution in [-0.4, -0.2) is 53.5 Å². The van der Waals surface area contributed by atoms with Crippen LogP contribution in [0.15, 0.2) is 36.8 Å². The molecule has 0 spiro atoms. The Kier molecular flexibility index (Phi) is 7.06. The minimum absolute atomic E-state index is 0.0347. The zero-order valence-electron chi connectivity index (χ0n) is 21.7. The van der Waals surface area contributed by atoms with Crippen molar-refractivity contribution >= 4 is 11.9 Å². The van der Waals surface area contributed by atoms with Crippen LogP contribution in [0.3, 0.4) is 0 Å². The third-order valence-electron chi connectivity index (χ3n) is 6.91. The minimum atomic E-state index is -4.68. The highest BCUT2D eigenvalue weighted by Crippen LogP contribution is 2.45. The number of ether oxygens (including phenoxy) is 1. The lowest BCUT2D eigenvalue weighted by molar-refractivity contribution is -0.141. The van der Waals surface area contributed by atoms with Gasteiger partial charge in [-0.2, -0.15) is 26.9 Å². The van der Waals surface area contributed by atoms with Gasteiger partial charge in [-0.05, 0) is 18.4 Å². The molecule has 4 aromatic rings. The van der Waals surface area contributed by atoms with Gasteiger partial charge in [0, 0.05) is 24.1 Å². The van der Waals surface area contributed by atoms with Gasteiger partial charge in [0.2, 0.25) is 17.7 Å². The Hall–Kier alpha value is -4.50. The Morgan fingerprint density at radius 1 is 1.07 bits per heavy atom. The van der Waals surface area contributed by atoms with Crippen LogP contribution in [0.5, 0.6) is 5.88 Å². The summed E-state index contributed by atoms with van der Waals surface area (Å²) in [6.07, 6.45) is -1.02. The Bertz CT molecular complexity index is 1610. The predicted octanol–water partition coefficient (Wildman–Crippen LogP) is 5.00. The fourth-order valence-corrected chi connectivity index (χ4v) is 4.81. The molecule has 0 atom stereocenters. The molecule has 10 nitrogen and oxygen atoms in total. The van der Waals surface area contributed by atoms with E-state index in [1.54, 1.807) is 12.1 Å². The molecule has 1 aliphatic heterocycles. The maximum Gasteiger partial charge on any atom is 0.434 e. The van der Waals surface area contributed by atoms with Gasteiger partial charge in [0.15, 0.2) is 11.5 Å². The maximum atomic E-state index is 13.2. The van der Waals surface area contributed by atoms with Gasteiger partial charge < -0.3 is 9.30 Å². The Balaban J connectivity index is 1.30. The van der Waals surface area contributed by atoms with Crippen molar-refractivity contribution in [3.63, 3.8) is 0 Å². The number of carbonyl (C=O) groups is 1. The van der Waals surface area contributed by atoms with Gasteiger partial charge in [0.1, 0.15) is 24.4 Å². The first-order chi connectivity index (χ1) is 20.1. The van der Waals surface area contributed by atoms with E-state index in [1.165, 1.54) is 21.7 Å². The summed E-state index contributed by atoms with van der Waals surface area (Å²) in [5, 5.41) is 4.46. The molecule has 1 saturated carbocycles. The molecular weight excluding hydrogens is 570 g/mol. The molecule has 0 N–H and O–H groups in total. The van der Waals surface area contributed by atoms with Gasteiger partial charge >= 0.3 is 12.8 Å². The second-order valence-corrected chi connectivity index (χ2v) is 9.81. The SMILES string of the molecule is O=C1CCn2nc(-c3c(OC(F)F)ncnc3C3CC3)nc2N1Cc1ccc(-c2nc(C(F)(F)F)cn2CCF)cc1. The number of aromatic nitrogens is 7. The number of aryl methyl sites for hydroxylation is 2. The normalized spacial score (nSPS) is 15.4. The number of carbonyl (C=O) groups excluding carboxylic acids is 1. The first-order valence-electron chi connectivity index (χ1n) is 13.0. The number of hydrogen-bond donors (Lipinski definition) is 0. The number of amides is 1. The summed E-state index contributed by atoms with van der Waals surface area (Å²) < 4.78 is 86.1. The number of rotatable bonds is 9. The molecule has 1 fully saturated rings. The molecule has 1 aliphatic carbocycles. The highest BCUT2D eigenvalue weighted by Gasteiger charge is 2.36. The smallest absolute Gasteiger partial charge is 0.416 e. The summed E-state index contributed by atoms with van der Waals surface area (Å²) in [6.45, 7) is -4.03. The molecule has 1 aromatic carbocycles. The van der Waals surface area contributed by atoms with Crippen LogP contribution in [-0.2, 0) is 30.6 Å². The number of alkyl halides is 6. The van der Waals surface area contributed by atoms with Gasteiger partial charge in [-0.15, -0.1) is 5.10 Å². The first-order valence-corrected chi connectivity index (χ1v) is 13.0. The van der Waals surface area contributed by atoms with Crippen molar-refractivity contribution in [1.29, 1.82) is 0 Å². The number of nitrogens with zero attached hydrogens (tertiary/aromatic N) is 8. The van der Waals surface area contributed by atoms with Crippen LogP contribution in [0.25, 0.3) is 22.8 Å². The van der Waals surface area contributed by atoms with Crippen LogP contribution in [0.4, 0.5) is 32.3 Å². The first kappa shape index (κ1) is 27.7. The standard InChI is InChI=1S/C26H22F6N8O2/c27-8-10-38-12-17(26(30,31)32)35-22(38)16-3-1-14(2-4-16)11-39-18(41)7-9-40-25(39)36-21(37-40)19-20(15-5-6-15)33-13-34-23(19)42-24(28)29/h1-4,12-13,15,24H,5-11H2. The Labute approximate surface area is 234 Å². The molecule has 42 heavy (non-hydrogen) atoms. The summed E-state index contributed by atoms with van der Waals surface area (Å²) in [7, 11) is 0. The largest absolute Gasteiger partial charge is 0.434 e. The number of halogens is 6. The Morgan fingerprint density at radius 2 is 1.83 bits per heavy atom. The van der Waals surface area contributed by atoms with Crippen LogP contribution in [0, 0.1) is 0 Å². The van der Waals surface area contributed by atoms with Gasteiger partial charge in [0.25, 0.3) is 0 Å². The van der Waals surface area contributed by atoms with Crippen LogP contribution < -0.4 is 9.64 Å². The zero-order valence-corrected chi connectivity index (χ0v) is 21.7. The van der Waals surface area contributed by atoms with E-state index in [4.69, 9.17) is 0 Å². The molecule has 0 saturated heterocycles. The molecule has 0 bridgehead atoms. The highest BCUT2D eigenvalue weighted by atomic mass is 19.4. The van der Waals surface area contributed by atoms with Crippen molar-refractivity contribution in [2.24, 2.45) is 0 Å². The number of benzene rings is 1. The van der Waals surface area contributed by atoms with E-state index in [-0.39, 0.29) is 66.9 Å². The van der Waals surface area contributed by atoms with E-state index in [2.05, 4.69) is 29.8 Å². The maximum absolute atomic E-state index is 13.2. The van der Waals surface area contributed by atoms with E-state index in [0.29, 0.717) is 16.8 Å². The summed E-state index contributed by atoms with van der Waals surface area (Å²) in [5.74, 6) is -0.367. The van der Waals surface area contributed by atoms with Crippen molar-refractivity contribution < 1.29 is 35.9 Å². The van der Waals surface area contributed by atoms with Crippen molar-refractivity contribution in [2.45, 2.75) is 57.6 Å². The van der Waals surface area contributed by atoms with Gasteiger partial charge in [-0.25, -0.2) is 24.0 Å². The van der Waals surface area contributed by atoms with E-state index in [0.717, 1.165) is 29.9 Å². The number of imidazole rings is 1. The fraction of sp³-hybridized carbons (Fsp3) is 0.385. The molecule has 6 rings (SSSR count). The van der Waals surface area contributed by atoms with E-state index in [1.807, 2.05) is 0 Å². The quantitative estimate of drug-likeness (QED) is 0.252.